The molecule has 2 atom stereocenters. The van der Waals surface area contributed by atoms with Gasteiger partial charge in [-0.05, 0) is 54.7 Å². The fraction of sp³-hybridized carbons (Fsp3) is 0.400. The van der Waals surface area contributed by atoms with E-state index in [4.69, 9.17) is 0 Å². The van der Waals surface area contributed by atoms with Crippen molar-refractivity contribution in [3.05, 3.63) is 54.1 Å². The highest BCUT2D eigenvalue weighted by Crippen LogP contribution is 2.34. The molecule has 0 spiro atoms. The van der Waals surface area contributed by atoms with Crippen LogP contribution in [0.5, 0.6) is 0 Å². The van der Waals surface area contributed by atoms with Gasteiger partial charge in [-0.15, -0.1) is 0 Å². The summed E-state index contributed by atoms with van der Waals surface area (Å²) in [5.74, 6) is -0.0742. The second kappa shape index (κ2) is 8.92. The van der Waals surface area contributed by atoms with Crippen molar-refractivity contribution in [2.45, 2.75) is 45.4 Å². The van der Waals surface area contributed by atoms with Crippen LogP contribution < -0.4 is 15.1 Å². The van der Waals surface area contributed by atoms with Crippen molar-refractivity contribution in [3.8, 4) is 0 Å². The lowest BCUT2D eigenvalue weighted by Gasteiger charge is -2.23. The first-order chi connectivity index (χ1) is 15.0. The Hall–Kier alpha value is -3.15. The number of hydrogen-bond acceptors (Lipinski definition) is 3. The number of nitrogens with one attached hydrogen (secondary N) is 1. The third-order valence-corrected chi connectivity index (χ3v) is 6.39. The summed E-state index contributed by atoms with van der Waals surface area (Å²) in [7, 11) is 0. The molecule has 31 heavy (non-hydrogen) atoms. The summed E-state index contributed by atoms with van der Waals surface area (Å²) in [5, 5.41) is 2.93. The highest BCUT2D eigenvalue weighted by molar-refractivity contribution is 6.04. The Balaban J connectivity index is 1.43. The third-order valence-electron chi connectivity index (χ3n) is 6.39. The first-order valence-electron chi connectivity index (χ1n) is 11.1. The van der Waals surface area contributed by atoms with Gasteiger partial charge in [0.15, 0.2) is 0 Å². The van der Waals surface area contributed by atoms with E-state index in [0.717, 1.165) is 36.3 Å². The Kier molecular flexibility index (Phi) is 6.07. The monoisotopic (exact) mass is 419 g/mol. The average Bonchev–Trinajstić information content (AvgIpc) is 3.39. The van der Waals surface area contributed by atoms with Crippen LogP contribution in [-0.4, -0.2) is 30.8 Å². The molecular weight excluding hydrogens is 390 g/mol. The van der Waals surface area contributed by atoms with Crippen LogP contribution in [0.15, 0.2) is 48.5 Å². The van der Waals surface area contributed by atoms with Crippen molar-refractivity contribution in [2.75, 3.05) is 28.2 Å². The number of amides is 3. The minimum atomic E-state index is -0.391. The number of nitrogens with zero attached hydrogens (tertiary/aromatic N) is 2. The van der Waals surface area contributed by atoms with E-state index in [1.807, 2.05) is 42.5 Å². The lowest BCUT2D eigenvalue weighted by atomic mass is 9.96. The van der Waals surface area contributed by atoms with Gasteiger partial charge in [0.05, 0.1) is 5.92 Å². The number of carbonyl (C=O) groups is 3. The Labute approximate surface area is 183 Å². The number of rotatable bonds is 6. The zero-order chi connectivity index (χ0) is 22.0. The topological polar surface area (TPSA) is 69.7 Å². The molecule has 2 aromatic rings. The fourth-order valence-corrected chi connectivity index (χ4v) is 4.38. The van der Waals surface area contributed by atoms with E-state index in [2.05, 4.69) is 25.2 Å². The third kappa shape index (κ3) is 4.33. The quantitative estimate of drug-likeness (QED) is 0.758. The van der Waals surface area contributed by atoms with Crippen molar-refractivity contribution in [3.63, 3.8) is 0 Å². The van der Waals surface area contributed by atoms with E-state index in [9.17, 15) is 14.4 Å². The normalized spacial score (nSPS) is 19.7. The number of carbonyl (C=O) groups excluding carboxylic acids is 3. The summed E-state index contributed by atoms with van der Waals surface area (Å²) >= 11 is 0. The molecule has 0 unspecified atom stereocenters. The van der Waals surface area contributed by atoms with Crippen LogP contribution in [0.4, 0.5) is 17.1 Å². The molecule has 162 valence electrons. The van der Waals surface area contributed by atoms with Gasteiger partial charge in [0.25, 0.3) is 0 Å². The van der Waals surface area contributed by atoms with Gasteiger partial charge >= 0.3 is 0 Å². The standard InChI is InChI=1S/C25H29N3O3/c1-3-17(2)21-7-4-5-8-22(21)28-16-18(15-24(28)30)25(31)26-19-10-12-20(13-11-19)27-14-6-9-23(27)29/h4-5,7-8,10-13,17-18H,3,6,9,14-16H2,1-2H3,(H,26,31)/t17-,18-/m0/s1. The zero-order valence-corrected chi connectivity index (χ0v) is 18.1. The predicted molar refractivity (Wildman–Crippen MR) is 122 cm³/mol. The highest BCUT2D eigenvalue weighted by Gasteiger charge is 2.36. The van der Waals surface area contributed by atoms with Gasteiger partial charge in [-0.25, -0.2) is 0 Å². The molecule has 3 amide bonds. The van der Waals surface area contributed by atoms with Crippen molar-refractivity contribution < 1.29 is 14.4 Å². The van der Waals surface area contributed by atoms with Crippen LogP contribution in [0.25, 0.3) is 0 Å². The van der Waals surface area contributed by atoms with Crippen molar-refractivity contribution in [1.29, 1.82) is 0 Å². The minimum Gasteiger partial charge on any atom is -0.326 e. The molecule has 2 aliphatic rings. The smallest absolute Gasteiger partial charge is 0.229 e. The minimum absolute atomic E-state index is 0.0150. The van der Waals surface area contributed by atoms with Crippen molar-refractivity contribution in [2.24, 2.45) is 5.92 Å². The Bertz CT molecular complexity index is 986. The van der Waals surface area contributed by atoms with Crippen LogP contribution >= 0.6 is 0 Å². The summed E-state index contributed by atoms with van der Waals surface area (Å²) in [6.07, 6.45) is 2.66. The molecule has 1 N–H and O–H groups in total. The number of anilines is 3. The molecule has 0 aliphatic carbocycles. The van der Waals surface area contributed by atoms with Gasteiger partial charge in [0.2, 0.25) is 17.7 Å². The molecule has 2 aromatic carbocycles. The molecule has 2 saturated heterocycles. The maximum Gasteiger partial charge on any atom is 0.229 e. The molecular formula is C25H29N3O3. The second-order valence-corrected chi connectivity index (χ2v) is 8.46. The molecule has 2 aliphatic heterocycles. The van der Waals surface area contributed by atoms with Gasteiger partial charge in [-0.3, -0.25) is 14.4 Å². The molecule has 2 heterocycles. The van der Waals surface area contributed by atoms with E-state index in [0.29, 0.717) is 24.6 Å². The van der Waals surface area contributed by atoms with Crippen LogP contribution in [0.3, 0.4) is 0 Å². The van der Waals surface area contributed by atoms with Crippen LogP contribution in [0, 0.1) is 5.92 Å². The lowest BCUT2D eigenvalue weighted by molar-refractivity contribution is -0.122. The number of benzene rings is 2. The second-order valence-electron chi connectivity index (χ2n) is 8.46. The van der Waals surface area contributed by atoms with Crippen LogP contribution in [0.1, 0.15) is 51.0 Å². The van der Waals surface area contributed by atoms with Gasteiger partial charge in [-0.2, -0.15) is 0 Å². The Morgan fingerprint density at radius 2 is 1.81 bits per heavy atom. The van der Waals surface area contributed by atoms with E-state index >= 15 is 0 Å². The first kappa shape index (κ1) is 21.1. The molecule has 0 radical (unpaired) electrons. The van der Waals surface area contributed by atoms with Crippen molar-refractivity contribution in [1.82, 2.24) is 0 Å². The molecule has 0 saturated carbocycles. The van der Waals surface area contributed by atoms with Gasteiger partial charge in [0.1, 0.15) is 0 Å². The number of para-hydroxylation sites is 1. The number of hydrogen-bond donors (Lipinski definition) is 1. The highest BCUT2D eigenvalue weighted by atomic mass is 16.2. The zero-order valence-electron chi connectivity index (χ0n) is 18.1. The molecule has 6 heteroatoms. The molecule has 4 rings (SSSR count). The summed E-state index contributed by atoms with van der Waals surface area (Å²) < 4.78 is 0. The molecule has 6 nitrogen and oxygen atoms in total. The predicted octanol–water partition coefficient (Wildman–Crippen LogP) is 4.32. The summed E-state index contributed by atoms with van der Waals surface area (Å²) in [5.41, 5.74) is 3.58. The molecule has 2 fully saturated rings. The van der Waals surface area contributed by atoms with Gasteiger partial charge in [-0.1, -0.05) is 32.0 Å². The SMILES string of the molecule is CC[C@H](C)c1ccccc1N1C[C@@H](C(=O)Nc2ccc(N3CCCC3=O)cc2)CC1=O. The maximum absolute atomic E-state index is 12.9. The maximum atomic E-state index is 12.9. The summed E-state index contributed by atoms with van der Waals surface area (Å²) in [6.45, 7) is 5.42. The van der Waals surface area contributed by atoms with Crippen LogP contribution in [0.2, 0.25) is 0 Å². The largest absolute Gasteiger partial charge is 0.326 e. The van der Waals surface area contributed by atoms with Gasteiger partial charge in [0, 0.05) is 43.0 Å². The summed E-state index contributed by atoms with van der Waals surface area (Å²) in [4.78, 5) is 41.0. The van der Waals surface area contributed by atoms with Crippen LogP contribution in [-0.2, 0) is 14.4 Å². The molecule has 0 bridgehead atoms. The lowest BCUT2D eigenvalue weighted by Crippen LogP contribution is -2.29. The Morgan fingerprint density at radius 1 is 1.06 bits per heavy atom. The summed E-state index contributed by atoms with van der Waals surface area (Å²) in [6, 6.07) is 15.3. The average molecular weight is 420 g/mol. The van der Waals surface area contributed by atoms with E-state index < -0.39 is 5.92 Å². The van der Waals surface area contributed by atoms with Gasteiger partial charge < -0.3 is 15.1 Å². The first-order valence-corrected chi connectivity index (χ1v) is 11.1. The van der Waals surface area contributed by atoms with E-state index in [-0.39, 0.29) is 24.1 Å². The van der Waals surface area contributed by atoms with E-state index in [1.165, 1.54) is 0 Å². The molecule has 0 aromatic heterocycles. The Morgan fingerprint density at radius 3 is 2.48 bits per heavy atom. The van der Waals surface area contributed by atoms with E-state index in [1.54, 1.807) is 9.80 Å². The fourth-order valence-electron chi connectivity index (χ4n) is 4.38. The van der Waals surface area contributed by atoms with Crippen molar-refractivity contribution >= 4 is 34.8 Å².